The zero-order valence-electron chi connectivity index (χ0n) is 22.3. The summed E-state index contributed by atoms with van der Waals surface area (Å²) < 4.78 is 21.4. The summed E-state index contributed by atoms with van der Waals surface area (Å²) in [6.45, 7) is 0. The highest BCUT2D eigenvalue weighted by molar-refractivity contribution is 7.82. The van der Waals surface area contributed by atoms with Gasteiger partial charge in [0.15, 0.2) is 11.7 Å². The van der Waals surface area contributed by atoms with Crippen LogP contribution in [0.2, 0.25) is 0 Å². The van der Waals surface area contributed by atoms with Crippen molar-refractivity contribution in [3.8, 4) is 35.4 Å². The van der Waals surface area contributed by atoms with E-state index in [0.29, 0.717) is 44.1 Å². The number of hydrazine groups is 2. The van der Waals surface area contributed by atoms with Gasteiger partial charge >= 0.3 is 0 Å². The highest BCUT2D eigenvalue weighted by atomic mass is 32.1. The number of amidine groups is 2. The van der Waals surface area contributed by atoms with Crippen LogP contribution in [0.15, 0.2) is 46.4 Å². The van der Waals surface area contributed by atoms with Crippen molar-refractivity contribution >= 4 is 46.1 Å². The third-order valence-electron chi connectivity index (χ3n) is 5.15. The first-order valence-electron chi connectivity index (χ1n) is 11.2. The van der Waals surface area contributed by atoms with Gasteiger partial charge in [0.1, 0.15) is 33.0 Å². The average molecular weight is 569 g/mol. The Morgan fingerprint density at radius 1 is 0.744 bits per heavy atom. The smallest absolute Gasteiger partial charge is 0.207 e. The maximum atomic E-state index is 9.29. The molecule has 2 N–H and O–H groups in total. The van der Waals surface area contributed by atoms with Gasteiger partial charge < -0.3 is 18.9 Å². The quantitative estimate of drug-likeness (QED) is 0.159. The topological polar surface area (TPSA) is 140 Å². The highest BCUT2D eigenvalue weighted by Gasteiger charge is 2.20. The molecule has 0 amide bonds. The Morgan fingerprint density at radius 3 is 1.44 bits per heavy atom. The van der Waals surface area contributed by atoms with Crippen LogP contribution in [0, 0.1) is 22.9 Å². The first-order chi connectivity index (χ1) is 18.7. The number of rotatable bonds is 8. The molecule has 0 heterocycles. The molecular weight excluding hydrogens is 540 g/mol. The van der Waals surface area contributed by atoms with Crippen LogP contribution in [0.25, 0.3) is 0 Å². The number of ether oxygens (including phenoxy) is 4. The van der Waals surface area contributed by atoms with Crippen molar-refractivity contribution in [1.82, 2.24) is 20.9 Å². The predicted molar refractivity (Wildman–Crippen MR) is 155 cm³/mol. The minimum atomic E-state index is 0.128. The second-order valence-corrected chi connectivity index (χ2v) is 8.55. The summed E-state index contributed by atoms with van der Waals surface area (Å²) in [7, 11) is 9.39. The molecule has 0 fully saturated rings. The largest absolute Gasteiger partial charge is 0.497 e. The van der Waals surface area contributed by atoms with Crippen LogP contribution in [0.4, 0.5) is 0 Å². The zero-order valence-corrected chi connectivity index (χ0v) is 23.9. The van der Waals surface area contributed by atoms with Crippen molar-refractivity contribution < 1.29 is 18.9 Å². The minimum absolute atomic E-state index is 0.128. The molecule has 14 heteroatoms. The minimum Gasteiger partial charge on any atom is -0.497 e. The lowest BCUT2D eigenvalue weighted by atomic mass is 10.1. The Morgan fingerprint density at radius 2 is 1.13 bits per heavy atom. The van der Waals surface area contributed by atoms with Gasteiger partial charge in [-0.1, -0.05) is 24.4 Å². The number of thiocarbonyl (C=S) groups is 2. The van der Waals surface area contributed by atoms with E-state index in [2.05, 4.69) is 20.8 Å². The normalized spacial score (nSPS) is 10.9. The van der Waals surface area contributed by atoms with E-state index >= 15 is 0 Å². The van der Waals surface area contributed by atoms with E-state index in [1.54, 1.807) is 62.9 Å². The van der Waals surface area contributed by atoms with E-state index < -0.39 is 0 Å². The summed E-state index contributed by atoms with van der Waals surface area (Å²) in [5.41, 5.74) is 7.02. The molecule has 0 saturated carbocycles. The SMILES string of the molecule is COc1ccc(OC)c(/C(=N\C#N)N(C)NC(=S)CC(=S)NN(C)/C(=N/C#N)c2cc(OC)ccc2OC)c1. The molecule has 0 aliphatic carbocycles. The van der Waals surface area contributed by atoms with Gasteiger partial charge in [0.25, 0.3) is 0 Å². The summed E-state index contributed by atoms with van der Waals surface area (Å²) in [5.74, 6) is 2.59. The maximum absolute atomic E-state index is 9.29. The van der Waals surface area contributed by atoms with Crippen molar-refractivity contribution in [2.45, 2.75) is 6.42 Å². The molecule has 0 spiro atoms. The van der Waals surface area contributed by atoms with Gasteiger partial charge in [-0.3, -0.25) is 20.9 Å². The van der Waals surface area contributed by atoms with E-state index in [1.165, 1.54) is 38.5 Å². The number of benzene rings is 2. The van der Waals surface area contributed by atoms with Gasteiger partial charge in [0.2, 0.25) is 12.4 Å². The molecular formula is C25H28N8O4S2. The van der Waals surface area contributed by atoms with E-state index in [4.69, 9.17) is 43.4 Å². The first-order valence-corrected chi connectivity index (χ1v) is 12.0. The molecule has 0 atom stereocenters. The number of hydrogen-bond donors (Lipinski definition) is 2. The number of nitriles is 2. The third-order valence-corrected chi connectivity index (χ3v) is 5.62. The lowest BCUT2D eigenvalue weighted by molar-refractivity contribution is 0.398. The van der Waals surface area contributed by atoms with Crippen LogP contribution in [0.5, 0.6) is 23.0 Å². The number of nitrogens with zero attached hydrogens (tertiary/aromatic N) is 6. The third kappa shape index (κ3) is 8.16. The summed E-state index contributed by atoms with van der Waals surface area (Å²) in [5, 5.41) is 21.6. The van der Waals surface area contributed by atoms with Crippen molar-refractivity contribution in [3.63, 3.8) is 0 Å². The molecule has 0 aromatic heterocycles. The van der Waals surface area contributed by atoms with E-state index in [1.807, 2.05) is 0 Å². The molecule has 0 radical (unpaired) electrons. The Hall–Kier alpha value is -4.66. The zero-order chi connectivity index (χ0) is 28.9. The Bertz CT molecular complexity index is 1250. The predicted octanol–water partition coefficient (Wildman–Crippen LogP) is 2.79. The molecule has 2 aromatic carbocycles. The lowest BCUT2D eigenvalue weighted by Gasteiger charge is -2.26. The molecule has 204 valence electrons. The second kappa shape index (κ2) is 14.9. The van der Waals surface area contributed by atoms with E-state index in [-0.39, 0.29) is 18.1 Å². The molecule has 0 bridgehead atoms. The molecule has 2 aromatic rings. The summed E-state index contributed by atoms with van der Waals surface area (Å²) >= 11 is 11.0. The molecule has 39 heavy (non-hydrogen) atoms. The first kappa shape index (κ1) is 30.6. The number of nitrogens with one attached hydrogen (secondary N) is 2. The Kier molecular flexibility index (Phi) is 11.7. The number of methoxy groups -OCH3 is 4. The number of hydrogen-bond acceptors (Lipinski definition) is 10. The molecule has 0 aliphatic rings. The Labute approximate surface area is 238 Å². The second-order valence-electron chi connectivity index (χ2n) is 7.57. The fraction of sp³-hybridized carbons (Fsp3) is 0.280. The highest BCUT2D eigenvalue weighted by Crippen LogP contribution is 2.26. The van der Waals surface area contributed by atoms with Crippen molar-refractivity contribution in [2.75, 3.05) is 42.5 Å². The van der Waals surface area contributed by atoms with Crippen LogP contribution in [0.1, 0.15) is 17.5 Å². The van der Waals surface area contributed by atoms with Crippen LogP contribution in [-0.2, 0) is 0 Å². The molecule has 12 nitrogen and oxygen atoms in total. The molecule has 0 aliphatic heterocycles. The summed E-state index contributed by atoms with van der Waals surface area (Å²) in [6, 6.07) is 10.3. The van der Waals surface area contributed by atoms with Gasteiger partial charge in [-0.2, -0.15) is 20.5 Å². The standard InChI is InChI=1S/C25H28N8O4S2/c1-32(24(28-14-26)18-11-16(34-3)7-9-20(18)36-5)30-22(38)13-23(39)31-33(2)25(29-15-27)19-12-17(35-4)8-10-21(19)37-6/h7-12H,13H2,1-6H3,(H,30,38)(H,31,39)/b28-24+,29-25+. The Balaban J connectivity index is 2.17. The van der Waals surface area contributed by atoms with Crippen molar-refractivity contribution in [1.29, 1.82) is 10.5 Å². The van der Waals surface area contributed by atoms with Crippen LogP contribution >= 0.6 is 24.4 Å². The maximum Gasteiger partial charge on any atom is 0.207 e. The fourth-order valence-corrected chi connectivity index (χ4v) is 4.06. The van der Waals surface area contributed by atoms with Crippen LogP contribution < -0.4 is 29.8 Å². The van der Waals surface area contributed by atoms with Gasteiger partial charge in [-0.15, -0.1) is 0 Å². The summed E-state index contributed by atoms with van der Waals surface area (Å²) in [6.07, 6.45) is 3.72. The fourth-order valence-electron chi connectivity index (χ4n) is 3.41. The monoisotopic (exact) mass is 568 g/mol. The van der Waals surface area contributed by atoms with Gasteiger partial charge in [-0.25, -0.2) is 0 Å². The van der Waals surface area contributed by atoms with Gasteiger partial charge in [0, 0.05) is 14.1 Å². The summed E-state index contributed by atoms with van der Waals surface area (Å²) in [4.78, 5) is 8.52. The molecule has 0 saturated heterocycles. The van der Waals surface area contributed by atoms with E-state index in [0.717, 1.165) is 0 Å². The van der Waals surface area contributed by atoms with Gasteiger partial charge in [-0.05, 0) is 36.4 Å². The lowest BCUT2D eigenvalue weighted by Crippen LogP contribution is -2.47. The molecule has 0 unspecified atom stereocenters. The average Bonchev–Trinajstić information content (AvgIpc) is 2.93. The van der Waals surface area contributed by atoms with Crippen molar-refractivity contribution in [3.05, 3.63) is 47.5 Å². The van der Waals surface area contributed by atoms with Crippen LogP contribution in [-0.4, -0.2) is 74.2 Å². The number of aliphatic imine (C=N–C) groups is 2. The molecule has 2 rings (SSSR count). The van der Waals surface area contributed by atoms with E-state index in [9.17, 15) is 10.5 Å². The van der Waals surface area contributed by atoms with Gasteiger partial charge in [0.05, 0.1) is 46.0 Å². The van der Waals surface area contributed by atoms with Crippen LogP contribution in [0.3, 0.4) is 0 Å². The van der Waals surface area contributed by atoms with Crippen molar-refractivity contribution in [2.24, 2.45) is 9.98 Å².